The van der Waals surface area contributed by atoms with Gasteiger partial charge >= 0.3 is 5.97 Å². The van der Waals surface area contributed by atoms with Gasteiger partial charge in [0.15, 0.2) is 6.29 Å². The molecule has 1 N–H and O–H groups in total. The fraction of sp³-hybridized carbons (Fsp3) is 0.348. The molecule has 148 valence electrons. The molecule has 1 fully saturated rings. The number of rotatable bonds is 7. The molecule has 1 atom stereocenters. The van der Waals surface area contributed by atoms with Crippen molar-refractivity contribution in [1.29, 1.82) is 0 Å². The van der Waals surface area contributed by atoms with E-state index in [9.17, 15) is 9.90 Å². The Morgan fingerprint density at radius 1 is 1.18 bits per heavy atom. The van der Waals surface area contributed by atoms with E-state index in [2.05, 4.69) is 0 Å². The predicted molar refractivity (Wildman–Crippen MR) is 107 cm³/mol. The Labute approximate surface area is 165 Å². The van der Waals surface area contributed by atoms with Crippen LogP contribution in [-0.2, 0) is 20.9 Å². The van der Waals surface area contributed by atoms with Crippen LogP contribution in [-0.4, -0.2) is 24.0 Å². The van der Waals surface area contributed by atoms with E-state index in [0.717, 1.165) is 40.8 Å². The van der Waals surface area contributed by atoms with Crippen molar-refractivity contribution in [1.82, 2.24) is 0 Å². The highest BCUT2D eigenvalue weighted by Crippen LogP contribution is 2.27. The second kappa shape index (κ2) is 9.42. The van der Waals surface area contributed by atoms with E-state index in [1.165, 1.54) is 0 Å². The highest BCUT2D eigenvalue weighted by molar-refractivity contribution is 5.90. The van der Waals surface area contributed by atoms with E-state index in [4.69, 9.17) is 14.2 Å². The Kier molecular flexibility index (Phi) is 6.71. The number of aliphatic carboxylic acids is 1. The smallest absolute Gasteiger partial charge is 0.371 e. The second-order valence-corrected chi connectivity index (χ2v) is 6.99. The predicted octanol–water partition coefficient (Wildman–Crippen LogP) is 4.85. The lowest BCUT2D eigenvalue weighted by Gasteiger charge is -2.23. The van der Waals surface area contributed by atoms with Gasteiger partial charge < -0.3 is 19.3 Å². The molecule has 28 heavy (non-hydrogen) atoms. The molecule has 1 aliphatic heterocycles. The van der Waals surface area contributed by atoms with Crippen molar-refractivity contribution in [2.75, 3.05) is 6.61 Å². The first kappa shape index (κ1) is 20.0. The lowest BCUT2D eigenvalue weighted by molar-refractivity contribution is -0.159. The average Bonchev–Trinajstić information content (AvgIpc) is 2.68. The number of carbonyl (C=O) groups is 1. The minimum atomic E-state index is -1.10. The average molecular weight is 382 g/mol. The number of benzene rings is 2. The van der Waals surface area contributed by atoms with Gasteiger partial charge in [0, 0.05) is 6.42 Å². The van der Waals surface area contributed by atoms with Crippen LogP contribution in [0.25, 0.3) is 6.08 Å². The summed E-state index contributed by atoms with van der Waals surface area (Å²) >= 11 is 0. The molecule has 2 aromatic rings. The van der Waals surface area contributed by atoms with Gasteiger partial charge in [0.05, 0.1) is 6.61 Å². The third kappa shape index (κ3) is 5.36. The molecule has 5 heteroatoms. The normalized spacial score (nSPS) is 17.2. The fourth-order valence-electron chi connectivity index (χ4n) is 3.27. The zero-order valence-electron chi connectivity index (χ0n) is 16.3. The molecule has 1 aliphatic rings. The Bertz CT molecular complexity index is 812. The van der Waals surface area contributed by atoms with E-state index in [-0.39, 0.29) is 5.76 Å². The van der Waals surface area contributed by atoms with Gasteiger partial charge in [-0.15, -0.1) is 0 Å². The zero-order valence-corrected chi connectivity index (χ0v) is 16.3. The molecule has 0 radical (unpaired) electrons. The summed E-state index contributed by atoms with van der Waals surface area (Å²) in [5.74, 6) is -0.396. The number of hydrogen-bond donors (Lipinski definition) is 1. The second-order valence-electron chi connectivity index (χ2n) is 6.99. The monoisotopic (exact) mass is 382 g/mol. The van der Waals surface area contributed by atoms with Crippen molar-refractivity contribution in [3.05, 3.63) is 70.5 Å². The number of carboxylic acids is 1. The molecule has 3 rings (SSSR count). The van der Waals surface area contributed by atoms with Gasteiger partial charge in [-0.1, -0.05) is 30.3 Å². The zero-order chi connectivity index (χ0) is 19.9. The molecule has 2 aromatic carbocycles. The van der Waals surface area contributed by atoms with Crippen LogP contribution in [0.1, 0.15) is 41.5 Å². The minimum absolute atomic E-state index is 0.108. The maximum Gasteiger partial charge on any atom is 0.371 e. The van der Waals surface area contributed by atoms with Gasteiger partial charge in [0.25, 0.3) is 0 Å². The summed E-state index contributed by atoms with van der Waals surface area (Å²) in [4.78, 5) is 11.6. The fourth-order valence-corrected chi connectivity index (χ4v) is 3.27. The largest absolute Gasteiger partial charge is 0.488 e. The van der Waals surface area contributed by atoms with Crippen LogP contribution in [0.15, 0.2) is 48.2 Å². The molecule has 1 saturated heterocycles. The van der Waals surface area contributed by atoms with Gasteiger partial charge in [-0.25, -0.2) is 4.79 Å². The van der Waals surface area contributed by atoms with Crippen LogP contribution in [0.2, 0.25) is 0 Å². The van der Waals surface area contributed by atoms with Crippen molar-refractivity contribution in [2.24, 2.45) is 0 Å². The third-order valence-electron chi connectivity index (χ3n) is 4.61. The van der Waals surface area contributed by atoms with Crippen molar-refractivity contribution < 1.29 is 24.1 Å². The number of ether oxygens (including phenoxy) is 3. The maximum absolute atomic E-state index is 11.6. The summed E-state index contributed by atoms with van der Waals surface area (Å²) in [6.45, 7) is 5.00. The van der Waals surface area contributed by atoms with E-state index < -0.39 is 12.3 Å². The molecule has 5 nitrogen and oxygen atoms in total. The molecule has 0 spiro atoms. The lowest BCUT2D eigenvalue weighted by atomic mass is 10.0. The molecule has 0 bridgehead atoms. The Hall–Kier alpha value is -2.79. The first-order valence-electron chi connectivity index (χ1n) is 9.54. The first-order chi connectivity index (χ1) is 13.5. The van der Waals surface area contributed by atoms with Crippen molar-refractivity contribution in [2.45, 2.75) is 46.0 Å². The van der Waals surface area contributed by atoms with E-state index in [1.807, 2.05) is 56.3 Å². The van der Waals surface area contributed by atoms with Crippen LogP contribution in [0.5, 0.6) is 5.75 Å². The van der Waals surface area contributed by atoms with Crippen LogP contribution in [0.4, 0.5) is 0 Å². The molecule has 0 aromatic heterocycles. The maximum atomic E-state index is 11.6. The Morgan fingerprint density at radius 2 is 1.89 bits per heavy atom. The van der Waals surface area contributed by atoms with E-state index >= 15 is 0 Å². The van der Waals surface area contributed by atoms with Crippen LogP contribution < -0.4 is 4.74 Å². The SMILES string of the molecule is Cc1cc(/C=C(\OC2CCCCO2)C(=O)O)cc(C)c1OCc1ccccc1. The number of carboxylic acid groups (broad SMARTS) is 1. The Balaban J connectivity index is 1.75. The summed E-state index contributed by atoms with van der Waals surface area (Å²) in [5, 5.41) is 9.50. The van der Waals surface area contributed by atoms with Gasteiger partial charge in [-0.05, 0) is 67.2 Å². The summed E-state index contributed by atoms with van der Waals surface area (Å²) < 4.78 is 17.1. The van der Waals surface area contributed by atoms with E-state index in [0.29, 0.717) is 19.6 Å². The minimum Gasteiger partial charge on any atom is -0.488 e. The van der Waals surface area contributed by atoms with Crippen LogP contribution in [0.3, 0.4) is 0 Å². The topological polar surface area (TPSA) is 65.0 Å². The van der Waals surface area contributed by atoms with Crippen LogP contribution in [0, 0.1) is 13.8 Å². The van der Waals surface area contributed by atoms with Gasteiger partial charge in [-0.3, -0.25) is 0 Å². The summed E-state index contributed by atoms with van der Waals surface area (Å²) in [6, 6.07) is 13.8. The number of aryl methyl sites for hydroxylation is 2. The van der Waals surface area contributed by atoms with Gasteiger partial charge in [0.1, 0.15) is 12.4 Å². The molecule has 0 saturated carbocycles. The third-order valence-corrected chi connectivity index (χ3v) is 4.61. The molecule has 1 unspecified atom stereocenters. The molecule has 0 aliphatic carbocycles. The summed E-state index contributed by atoms with van der Waals surface area (Å²) in [6.07, 6.45) is 3.71. The standard InChI is InChI=1S/C23H26O5/c1-16-12-19(14-20(23(24)25)28-21-10-6-7-11-26-21)13-17(2)22(16)27-15-18-8-4-3-5-9-18/h3-5,8-9,12-14,21H,6-7,10-11,15H2,1-2H3,(H,24,25)/b20-14-. The molecule has 0 amide bonds. The summed E-state index contributed by atoms with van der Waals surface area (Å²) in [7, 11) is 0. The molecular weight excluding hydrogens is 356 g/mol. The van der Waals surface area contributed by atoms with Crippen LogP contribution >= 0.6 is 0 Å². The van der Waals surface area contributed by atoms with E-state index in [1.54, 1.807) is 6.08 Å². The highest BCUT2D eigenvalue weighted by Gasteiger charge is 2.20. The van der Waals surface area contributed by atoms with Crippen molar-refractivity contribution >= 4 is 12.0 Å². The van der Waals surface area contributed by atoms with Gasteiger partial charge in [0.2, 0.25) is 5.76 Å². The summed E-state index contributed by atoms with van der Waals surface area (Å²) in [5.41, 5.74) is 3.75. The van der Waals surface area contributed by atoms with Gasteiger partial charge in [-0.2, -0.15) is 0 Å². The molecular formula is C23H26O5. The number of hydrogen-bond acceptors (Lipinski definition) is 4. The van der Waals surface area contributed by atoms with Crippen molar-refractivity contribution in [3.63, 3.8) is 0 Å². The lowest BCUT2D eigenvalue weighted by Crippen LogP contribution is -2.24. The Morgan fingerprint density at radius 3 is 2.50 bits per heavy atom. The van der Waals surface area contributed by atoms with Crippen molar-refractivity contribution in [3.8, 4) is 5.75 Å². The highest BCUT2D eigenvalue weighted by atomic mass is 16.7. The molecule has 1 heterocycles. The first-order valence-corrected chi connectivity index (χ1v) is 9.54. The quantitative estimate of drug-likeness (QED) is 0.548.